The summed E-state index contributed by atoms with van der Waals surface area (Å²) in [5, 5.41) is 9.09. The molecule has 2 unspecified atom stereocenters. The summed E-state index contributed by atoms with van der Waals surface area (Å²) in [6.07, 6.45) is 6.95. The molecule has 186 valence electrons. The summed E-state index contributed by atoms with van der Waals surface area (Å²) in [6, 6.07) is 11.1. The highest BCUT2D eigenvalue weighted by Gasteiger charge is 2.44. The molecule has 2 heterocycles. The van der Waals surface area contributed by atoms with Gasteiger partial charge in [0.25, 0.3) is 5.91 Å². The Morgan fingerprint density at radius 2 is 1.80 bits per heavy atom. The third kappa shape index (κ3) is 5.70. The van der Waals surface area contributed by atoms with Gasteiger partial charge in [-0.2, -0.15) is 0 Å². The number of pyridine rings is 1. The van der Waals surface area contributed by atoms with Gasteiger partial charge in [0.2, 0.25) is 11.8 Å². The van der Waals surface area contributed by atoms with E-state index in [1.54, 1.807) is 13.1 Å². The maximum atomic E-state index is 14.2. The average molecular weight is 478 g/mol. The van der Waals surface area contributed by atoms with Crippen molar-refractivity contribution in [3.05, 3.63) is 54.2 Å². The molecule has 0 spiro atoms. The van der Waals surface area contributed by atoms with Crippen LogP contribution in [0.15, 0.2) is 48.7 Å². The summed E-state index contributed by atoms with van der Waals surface area (Å²) in [4.78, 5) is 46.5. The molecule has 8 nitrogen and oxygen atoms in total. The molecule has 1 aliphatic heterocycles. The highest BCUT2D eigenvalue weighted by molar-refractivity contribution is 6.09. The molecule has 3 atom stereocenters. The second kappa shape index (κ2) is 11.4. The Labute approximate surface area is 206 Å². The van der Waals surface area contributed by atoms with Crippen molar-refractivity contribution < 1.29 is 14.4 Å². The summed E-state index contributed by atoms with van der Waals surface area (Å²) in [6.45, 7) is 4.39. The lowest BCUT2D eigenvalue weighted by molar-refractivity contribution is -0.131. The predicted molar refractivity (Wildman–Crippen MR) is 136 cm³/mol. The van der Waals surface area contributed by atoms with Gasteiger partial charge >= 0.3 is 0 Å². The second-order valence-electron chi connectivity index (χ2n) is 9.43. The number of anilines is 2. The van der Waals surface area contributed by atoms with Gasteiger partial charge in [-0.3, -0.25) is 19.3 Å². The van der Waals surface area contributed by atoms with Gasteiger partial charge in [-0.05, 0) is 56.0 Å². The summed E-state index contributed by atoms with van der Waals surface area (Å²) < 4.78 is 0. The van der Waals surface area contributed by atoms with E-state index >= 15 is 0 Å². The van der Waals surface area contributed by atoms with Crippen LogP contribution in [0.1, 0.15) is 51.5 Å². The molecule has 1 aliphatic carbocycles. The van der Waals surface area contributed by atoms with Crippen molar-refractivity contribution in [3.8, 4) is 0 Å². The maximum Gasteiger partial charge on any atom is 0.251 e. The molecule has 2 aliphatic rings. The van der Waals surface area contributed by atoms with Crippen molar-refractivity contribution in [3.63, 3.8) is 0 Å². The highest BCUT2D eigenvalue weighted by Crippen LogP contribution is 2.34. The minimum atomic E-state index is -0.734. The molecular formula is C27H35N5O3. The summed E-state index contributed by atoms with van der Waals surface area (Å²) in [5.74, 6) is -0.210. The molecule has 1 saturated carbocycles. The molecular weight excluding hydrogens is 442 g/mol. The Kier molecular flexibility index (Phi) is 8.13. The van der Waals surface area contributed by atoms with Gasteiger partial charge in [-0.15, -0.1) is 0 Å². The van der Waals surface area contributed by atoms with Crippen LogP contribution in [0, 0.1) is 5.92 Å². The lowest BCUT2D eigenvalue weighted by Gasteiger charge is -2.35. The zero-order valence-electron chi connectivity index (χ0n) is 20.5. The van der Waals surface area contributed by atoms with Crippen LogP contribution < -0.4 is 20.9 Å². The number of para-hydroxylation sites is 1. The van der Waals surface area contributed by atoms with Crippen molar-refractivity contribution in [1.82, 2.24) is 15.6 Å². The molecule has 3 amide bonds. The van der Waals surface area contributed by atoms with E-state index in [9.17, 15) is 14.4 Å². The van der Waals surface area contributed by atoms with Gasteiger partial charge in [0.1, 0.15) is 17.9 Å². The first-order chi connectivity index (χ1) is 17.0. The minimum absolute atomic E-state index is 0.0274. The minimum Gasteiger partial charge on any atom is -0.343 e. The van der Waals surface area contributed by atoms with Gasteiger partial charge < -0.3 is 16.0 Å². The smallest absolute Gasteiger partial charge is 0.251 e. The number of nitrogens with one attached hydrogen (secondary N) is 3. The molecule has 1 aromatic heterocycles. The topological polar surface area (TPSA) is 103 Å². The first-order valence-electron chi connectivity index (χ1n) is 12.7. The van der Waals surface area contributed by atoms with Crippen molar-refractivity contribution in [2.45, 2.75) is 70.5 Å². The molecule has 8 heteroatoms. The highest BCUT2D eigenvalue weighted by atomic mass is 16.2. The maximum absolute atomic E-state index is 14.2. The SMILES string of the molecule is CCNC(C)C(=O)NC(C(=O)N1c2ncccc2C[C@H]1C(=O)Nc1ccccc1)C1CCCCC1. The summed E-state index contributed by atoms with van der Waals surface area (Å²) >= 11 is 0. The lowest BCUT2D eigenvalue weighted by atomic mass is 9.83. The van der Waals surface area contributed by atoms with Crippen LogP contribution in [0.3, 0.4) is 0 Å². The van der Waals surface area contributed by atoms with Crippen LogP contribution in [0.5, 0.6) is 0 Å². The Morgan fingerprint density at radius 3 is 2.51 bits per heavy atom. The Hall–Kier alpha value is -3.26. The van der Waals surface area contributed by atoms with Gasteiger partial charge in [-0.25, -0.2) is 4.98 Å². The number of benzene rings is 1. The lowest BCUT2D eigenvalue weighted by Crippen LogP contribution is -2.58. The predicted octanol–water partition coefficient (Wildman–Crippen LogP) is 3.04. The Balaban J connectivity index is 1.63. The number of hydrogen-bond acceptors (Lipinski definition) is 5. The molecule has 3 N–H and O–H groups in total. The van der Waals surface area contributed by atoms with Crippen molar-refractivity contribution in [2.24, 2.45) is 5.92 Å². The molecule has 4 rings (SSSR count). The molecule has 1 fully saturated rings. The number of likely N-dealkylation sites (N-methyl/N-ethyl adjacent to an activating group) is 1. The van der Waals surface area contributed by atoms with E-state index in [4.69, 9.17) is 0 Å². The molecule has 2 aromatic rings. The number of nitrogens with zero attached hydrogens (tertiary/aromatic N) is 2. The first-order valence-corrected chi connectivity index (χ1v) is 12.7. The number of aromatic nitrogens is 1. The van der Waals surface area contributed by atoms with Crippen molar-refractivity contribution in [2.75, 3.05) is 16.8 Å². The molecule has 35 heavy (non-hydrogen) atoms. The van der Waals surface area contributed by atoms with E-state index in [1.165, 1.54) is 4.90 Å². The number of rotatable bonds is 8. The Morgan fingerprint density at radius 1 is 1.06 bits per heavy atom. The third-order valence-corrected chi connectivity index (χ3v) is 6.99. The molecule has 0 bridgehead atoms. The quantitative estimate of drug-likeness (QED) is 0.542. The fraction of sp³-hybridized carbons (Fsp3) is 0.481. The normalized spacial score (nSPS) is 19.5. The fourth-order valence-electron chi connectivity index (χ4n) is 5.14. The van der Waals surface area contributed by atoms with Crippen LogP contribution in [-0.2, 0) is 20.8 Å². The number of carbonyl (C=O) groups excluding carboxylic acids is 3. The van der Waals surface area contributed by atoms with E-state index in [-0.39, 0.29) is 23.6 Å². The first kappa shape index (κ1) is 24.9. The fourth-order valence-corrected chi connectivity index (χ4v) is 5.14. The number of carbonyl (C=O) groups is 3. The Bertz CT molecular complexity index is 1040. The molecule has 1 aromatic carbocycles. The monoisotopic (exact) mass is 477 g/mol. The van der Waals surface area contributed by atoms with Crippen LogP contribution in [0.2, 0.25) is 0 Å². The van der Waals surface area contributed by atoms with Gasteiger partial charge in [0.05, 0.1) is 6.04 Å². The zero-order chi connectivity index (χ0) is 24.8. The number of amides is 3. The largest absolute Gasteiger partial charge is 0.343 e. The standard InChI is InChI=1S/C27H35N5O3/c1-3-28-18(2)25(33)31-23(19-11-6-4-7-12-19)27(35)32-22(17-20-13-10-16-29-24(20)32)26(34)30-21-14-8-5-9-15-21/h5,8-10,13-16,18-19,22-23,28H,3-4,6-7,11-12,17H2,1-2H3,(H,30,34)(H,31,33)/t18?,22-,23?/m0/s1. The summed E-state index contributed by atoms with van der Waals surface area (Å²) in [5.41, 5.74) is 1.52. The second-order valence-corrected chi connectivity index (χ2v) is 9.43. The van der Waals surface area contributed by atoms with E-state index in [2.05, 4.69) is 20.9 Å². The number of fused-ring (bicyclic) bond motifs is 1. The van der Waals surface area contributed by atoms with E-state index < -0.39 is 18.1 Å². The van der Waals surface area contributed by atoms with E-state index in [0.717, 1.165) is 37.7 Å². The molecule has 0 saturated heterocycles. The number of hydrogen-bond donors (Lipinski definition) is 3. The van der Waals surface area contributed by atoms with Crippen molar-refractivity contribution >= 4 is 29.2 Å². The molecule has 0 radical (unpaired) electrons. The third-order valence-electron chi connectivity index (χ3n) is 6.99. The summed E-state index contributed by atoms with van der Waals surface area (Å²) in [7, 11) is 0. The zero-order valence-corrected chi connectivity index (χ0v) is 20.5. The van der Waals surface area contributed by atoms with Crippen molar-refractivity contribution in [1.29, 1.82) is 0 Å². The van der Waals surface area contributed by atoms with E-state index in [0.29, 0.717) is 24.5 Å². The average Bonchev–Trinajstić information content (AvgIpc) is 3.28. The van der Waals surface area contributed by atoms with Crippen LogP contribution in [0.25, 0.3) is 0 Å². The van der Waals surface area contributed by atoms with Crippen LogP contribution >= 0.6 is 0 Å². The van der Waals surface area contributed by atoms with E-state index in [1.807, 2.05) is 49.4 Å². The van der Waals surface area contributed by atoms with Crippen LogP contribution in [-0.4, -0.2) is 47.4 Å². The van der Waals surface area contributed by atoms with Crippen LogP contribution in [0.4, 0.5) is 11.5 Å². The van der Waals surface area contributed by atoms with Gasteiger partial charge in [-0.1, -0.05) is 50.5 Å². The van der Waals surface area contributed by atoms with Gasteiger partial charge in [0.15, 0.2) is 0 Å². The van der Waals surface area contributed by atoms with Gasteiger partial charge in [0, 0.05) is 18.3 Å².